The third-order valence-electron chi connectivity index (χ3n) is 6.07. The highest BCUT2D eigenvalue weighted by Gasteiger charge is 2.41. The first kappa shape index (κ1) is 35.5. The number of hydrogen-bond donors (Lipinski definition) is 3. The molecule has 0 radical (unpaired) electrons. The van der Waals surface area contributed by atoms with E-state index in [1.54, 1.807) is 51.9 Å². The highest BCUT2D eigenvalue weighted by Crippen LogP contribution is 2.25. The van der Waals surface area contributed by atoms with E-state index in [0.717, 1.165) is 5.57 Å². The van der Waals surface area contributed by atoms with Crippen LogP contribution in [0.4, 0.5) is 0 Å². The molecule has 1 aliphatic rings. The molecular formula is C29H47ClN4O6. The SMILES string of the molecule is CC(C)=CC(=O)[C@@H]1O[C@@H]1/C=C/CC(=O)N[C@H](CN(C)C)C(=O)N[C@H](C(=O)N[C@@H](CC(C)C)C(=O)C(C)Cl)C(C)C. The number of epoxide rings is 1. The summed E-state index contributed by atoms with van der Waals surface area (Å²) in [5.74, 6) is -1.94. The van der Waals surface area contributed by atoms with E-state index in [1.807, 2.05) is 27.7 Å². The van der Waals surface area contributed by atoms with Gasteiger partial charge in [-0.15, -0.1) is 11.6 Å². The number of carbonyl (C=O) groups excluding carboxylic acids is 5. The maximum Gasteiger partial charge on any atom is 0.244 e. The Morgan fingerprint density at radius 2 is 1.55 bits per heavy atom. The van der Waals surface area contributed by atoms with Crippen molar-refractivity contribution in [3.8, 4) is 0 Å². The number of Topliss-reactive ketones (excluding diaryl/α,β-unsaturated/α-hetero) is 1. The molecule has 0 spiro atoms. The van der Waals surface area contributed by atoms with Crippen molar-refractivity contribution in [3.05, 3.63) is 23.8 Å². The Kier molecular flexibility index (Phi) is 14.8. The predicted octanol–water partition coefficient (Wildman–Crippen LogP) is 2.15. The van der Waals surface area contributed by atoms with Gasteiger partial charge in [0.15, 0.2) is 17.7 Å². The van der Waals surface area contributed by atoms with E-state index in [2.05, 4.69) is 16.0 Å². The van der Waals surface area contributed by atoms with Gasteiger partial charge in [0.25, 0.3) is 0 Å². The van der Waals surface area contributed by atoms with Crippen LogP contribution in [0.1, 0.15) is 61.3 Å². The van der Waals surface area contributed by atoms with Crippen molar-refractivity contribution in [2.75, 3.05) is 20.6 Å². The fourth-order valence-corrected chi connectivity index (χ4v) is 4.18. The first-order valence-corrected chi connectivity index (χ1v) is 14.2. The minimum Gasteiger partial charge on any atom is -0.356 e. The molecule has 3 N–H and O–H groups in total. The quantitative estimate of drug-likeness (QED) is 0.103. The average Bonchev–Trinajstić information content (AvgIpc) is 3.59. The number of rotatable bonds is 17. The van der Waals surface area contributed by atoms with Crippen LogP contribution >= 0.6 is 11.6 Å². The maximum absolute atomic E-state index is 13.2. The Labute approximate surface area is 243 Å². The number of likely N-dealkylation sites (N-methyl/N-ethyl adjacent to an activating group) is 1. The Bertz CT molecular complexity index is 972. The molecule has 1 fully saturated rings. The number of ether oxygens (including phenoxy) is 1. The van der Waals surface area contributed by atoms with Gasteiger partial charge in [-0.05, 0) is 59.2 Å². The number of allylic oxidation sites excluding steroid dienone is 1. The van der Waals surface area contributed by atoms with Gasteiger partial charge in [0, 0.05) is 13.0 Å². The zero-order chi connectivity index (χ0) is 30.7. The Morgan fingerprint density at radius 3 is 2.05 bits per heavy atom. The van der Waals surface area contributed by atoms with Crippen LogP contribution in [0.15, 0.2) is 23.8 Å². The highest BCUT2D eigenvalue weighted by atomic mass is 35.5. The summed E-state index contributed by atoms with van der Waals surface area (Å²) in [7, 11) is 3.53. The van der Waals surface area contributed by atoms with Crippen LogP contribution in [-0.4, -0.2) is 90.5 Å². The Hall–Kier alpha value is -2.56. The van der Waals surface area contributed by atoms with Crippen molar-refractivity contribution < 1.29 is 28.7 Å². The molecule has 0 aromatic rings. The number of carbonyl (C=O) groups is 5. The van der Waals surface area contributed by atoms with Gasteiger partial charge < -0.3 is 25.6 Å². The van der Waals surface area contributed by atoms with Gasteiger partial charge in [-0.25, -0.2) is 0 Å². The monoisotopic (exact) mass is 582 g/mol. The van der Waals surface area contributed by atoms with Gasteiger partial charge in [-0.2, -0.15) is 0 Å². The molecule has 0 aromatic heterocycles. The van der Waals surface area contributed by atoms with E-state index < -0.39 is 47.3 Å². The Balaban J connectivity index is 2.84. The number of halogens is 1. The van der Waals surface area contributed by atoms with E-state index in [9.17, 15) is 24.0 Å². The predicted molar refractivity (Wildman–Crippen MR) is 156 cm³/mol. The minimum absolute atomic E-state index is 0.00960. The molecule has 226 valence electrons. The smallest absolute Gasteiger partial charge is 0.244 e. The summed E-state index contributed by atoms with van der Waals surface area (Å²) < 4.78 is 5.35. The van der Waals surface area contributed by atoms with Gasteiger partial charge in [0.05, 0.1) is 11.4 Å². The molecule has 1 saturated heterocycles. The van der Waals surface area contributed by atoms with Crippen LogP contribution in [0.25, 0.3) is 0 Å². The van der Waals surface area contributed by atoms with E-state index in [1.165, 1.54) is 6.08 Å². The highest BCUT2D eigenvalue weighted by molar-refractivity contribution is 6.31. The lowest BCUT2D eigenvalue weighted by atomic mass is 9.97. The first-order chi connectivity index (χ1) is 18.5. The van der Waals surface area contributed by atoms with Crippen LogP contribution in [0.5, 0.6) is 0 Å². The lowest BCUT2D eigenvalue weighted by Gasteiger charge is -2.28. The molecule has 11 heteroatoms. The second-order valence-corrected chi connectivity index (χ2v) is 12.3. The molecule has 0 aromatic carbocycles. The standard InChI is InChI=1S/C29H47ClN4O6/c1-16(2)13-20(26(37)19(7)30)32-29(39)25(18(5)6)33-28(38)21(15-34(8)9)31-24(36)12-10-11-23-27(40-23)22(35)14-17(3)4/h10-11,14,16,18-21,23,25,27H,12-13,15H2,1-9H3,(H,31,36)(H,32,39)(H,33,38)/b11-10+/t19?,20-,21+,23+,25-,27-/m0/s1. The van der Waals surface area contributed by atoms with Gasteiger partial charge >= 0.3 is 0 Å². The fraction of sp³-hybridized carbons (Fsp3) is 0.690. The van der Waals surface area contributed by atoms with Gasteiger partial charge in [0.1, 0.15) is 18.2 Å². The maximum atomic E-state index is 13.2. The number of nitrogens with zero attached hydrogens (tertiary/aromatic N) is 1. The molecule has 10 nitrogen and oxygen atoms in total. The molecule has 1 aliphatic heterocycles. The van der Waals surface area contributed by atoms with Crippen molar-refractivity contribution in [1.29, 1.82) is 0 Å². The molecule has 0 saturated carbocycles. The molecule has 3 amide bonds. The lowest BCUT2D eigenvalue weighted by molar-refractivity contribution is -0.134. The minimum atomic E-state index is -0.927. The van der Waals surface area contributed by atoms with Crippen molar-refractivity contribution in [2.24, 2.45) is 11.8 Å². The summed E-state index contributed by atoms with van der Waals surface area (Å²) in [5, 5.41) is 7.48. The van der Waals surface area contributed by atoms with Crippen molar-refractivity contribution in [1.82, 2.24) is 20.9 Å². The largest absolute Gasteiger partial charge is 0.356 e. The number of alkyl halides is 1. The molecular weight excluding hydrogens is 536 g/mol. The van der Waals surface area contributed by atoms with Crippen LogP contribution < -0.4 is 16.0 Å². The Morgan fingerprint density at radius 1 is 0.925 bits per heavy atom. The third kappa shape index (κ3) is 12.7. The first-order valence-electron chi connectivity index (χ1n) is 13.8. The van der Waals surface area contributed by atoms with Crippen LogP contribution in [0.2, 0.25) is 0 Å². The van der Waals surface area contributed by atoms with Crippen molar-refractivity contribution >= 4 is 40.9 Å². The third-order valence-corrected chi connectivity index (χ3v) is 6.29. The number of amides is 3. The van der Waals surface area contributed by atoms with Gasteiger partial charge in [-0.3, -0.25) is 24.0 Å². The second-order valence-electron chi connectivity index (χ2n) is 11.6. The second kappa shape index (κ2) is 16.6. The summed E-state index contributed by atoms with van der Waals surface area (Å²) in [6.07, 6.45) is 4.32. The number of hydrogen-bond acceptors (Lipinski definition) is 7. The molecule has 0 bridgehead atoms. The van der Waals surface area contributed by atoms with Crippen molar-refractivity contribution in [2.45, 2.75) is 97.0 Å². The van der Waals surface area contributed by atoms with E-state index >= 15 is 0 Å². The van der Waals surface area contributed by atoms with Crippen LogP contribution in [0.3, 0.4) is 0 Å². The fourth-order valence-electron chi connectivity index (χ4n) is 4.03. The van der Waals surface area contributed by atoms with Gasteiger partial charge in [-0.1, -0.05) is 45.4 Å². The molecule has 1 heterocycles. The summed E-state index contributed by atoms with van der Waals surface area (Å²) >= 11 is 6.01. The zero-order valence-corrected chi connectivity index (χ0v) is 26.0. The van der Waals surface area contributed by atoms with E-state index in [0.29, 0.717) is 6.42 Å². The van der Waals surface area contributed by atoms with Gasteiger partial charge in [0.2, 0.25) is 17.7 Å². The van der Waals surface area contributed by atoms with E-state index in [4.69, 9.17) is 16.3 Å². The lowest BCUT2D eigenvalue weighted by Crippen LogP contribution is -2.59. The summed E-state index contributed by atoms with van der Waals surface area (Å²) in [4.78, 5) is 65.4. The summed E-state index contributed by atoms with van der Waals surface area (Å²) in [6, 6.07) is -2.62. The van der Waals surface area contributed by atoms with Crippen LogP contribution in [0, 0.1) is 11.8 Å². The average molecular weight is 583 g/mol. The number of ketones is 2. The van der Waals surface area contributed by atoms with E-state index in [-0.39, 0.29) is 42.5 Å². The summed E-state index contributed by atoms with van der Waals surface area (Å²) in [5.41, 5.74) is 0.888. The molecule has 1 rings (SSSR count). The topological polar surface area (TPSA) is 137 Å². The molecule has 40 heavy (non-hydrogen) atoms. The molecule has 6 atom stereocenters. The number of nitrogens with one attached hydrogen (secondary N) is 3. The summed E-state index contributed by atoms with van der Waals surface area (Å²) in [6.45, 7) is 12.9. The normalized spacial score (nSPS) is 19.6. The zero-order valence-electron chi connectivity index (χ0n) is 25.2. The molecule has 0 aliphatic carbocycles. The van der Waals surface area contributed by atoms with Crippen molar-refractivity contribution in [3.63, 3.8) is 0 Å². The molecule has 1 unspecified atom stereocenters. The van der Waals surface area contributed by atoms with Crippen LogP contribution in [-0.2, 0) is 28.7 Å².